The Hall–Kier alpha value is -0.820. The largest absolute Gasteiger partial charge is 0.486 e. The summed E-state index contributed by atoms with van der Waals surface area (Å²) in [7, 11) is -3.22. The lowest BCUT2D eigenvalue weighted by molar-refractivity contribution is 0.0731. The van der Waals surface area contributed by atoms with Gasteiger partial charge < -0.3 is 15.2 Å². The Morgan fingerprint density at radius 3 is 2.81 bits per heavy atom. The van der Waals surface area contributed by atoms with Gasteiger partial charge in [0.25, 0.3) is 0 Å². The molecule has 118 valence electrons. The van der Waals surface area contributed by atoms with Crippen molar-refractivity contribution in [1.29, 1.82) is 0 Å². The lowest BCUT2D eigenvalue weighted by Gasteiger charge is -2.19. The van der Waals surface area contributed by atoms with E-state index in [4.69, 9.17) is 16.3 Å². The molecular weight excluding hydrogens is 314 g/mol. The van der Waals surface area contributed by atoms with Gasteiger partial charge in [-0.05, 0) is 31.2 Å². The molecule has 0 bridgehead atoms. The minimum absolute atomic E-state index is 0.154. The number of halogens is 1. The van der Waals surface area contributed by atoms with E-state index in [1.807, 2.05) is 0 Å². The van der Waals surface area contributed by atoms with Gasteiger partial charge in [-0.2, -0.15) is 0 Å². The van der Waals surface area contributed by atoms with E-state index in [9.17, 15) is 13.5 Å². The van der Waals surface area contributed by atoms with Crippen molar-refractivity contribution in [2.45, 2.75) is 32.1 Å². The average molecular weight is 334 g/mol. The van der Waals surface area contributed by atoms with Crippen LogP contribution < -0.4 is 10.1 Å². The summed E-state index contributed by atoms with van der Waals surface area (Å²) in [5.41, 5.74) is 0.854. The zero-order valence-corrected chi connectivity index (χ0v) is 13.5. The van der Waals surface area contributed by atoms with E-state index < -0.39 is 22.0 Å². The molecule has 2 rings (SSSR count). The molecule has 2 unspecified atom stereocenters. The molecule has 1 aliphatic rings. The van der Waals surface area contributed by atoms with Gasteiger partial charge in [0, 0.05) is 17.1 Å². The van der Waals surface area contributed by atoms with Gasteiger partial charge in [-0.15, -0.1) is 0 Å². The fraction of sp³-hybridized carbons (Fsp3) is 0.571. The van der Waals surface area contributed by atoms with Crippen LogP contribution in [0.5, 0.6) is 5.75 Å². The Labute approximate surface area is 130 Å². The van der Waals surface area contributed by atoms with Crippen molar-refractivity contribution in [2.24, 2.45) is 0 Å². The molecule has 0 radical (unpaired) electrons. The van der Waals surface area contributed by atoms with Crippen molar-refractivity contribution in [3.05, 3.63) is 28.8 Å². The zero-order valence-electron chi connectivity index (χ0n) is 11.9. The number of ether oxygens (including phenoxy) is 1. The summed E-state index contributed by atoms with van der Waals surface area (Å²) in [6.45, 7) is 3.52. The first-order valence-electron chi connectivity index (χ1n) is 6.95. The van der Waals surface area contributed by atoms with E-state index >= 15 is 0 Å². The van der Waals surface area contributed by atoms with Gasteiger partial charge in [0.15, 0.2) is 9.84 Å². The lowest BCUT2D eigenvalue weighted by Crippen LogP contribution is -2.30. The Balaban J connectivity index is 2.12. The molecule has 1 heterocycles. The van der Waals surface area contributed by atoms with Crippen molar-refractivity contribution < 1.29 is 18.3 Å². The van der Waals surface area contributed by atoms with E-state index in [1.165, 1.54) is 0 Å². The number of aliphatic hydroxyl groups excluding tert-OH is 1. The van der Waals surface area contributed by atoms with Crippen LogP contribution in [0.25, 0.3) is 0 Å². The van der Waals surface area contributed by atoms with Gasteiger partial charge in [0.1, 0.15) is 18.0 Å². The molecule has 2 atom stereocenters. The molecule has 1 fully saturated rings. The first-order chi connectivity index (χ1) is 9.91. The maximum Gasteiger partial charge on any atom is 0.156 e. The highest BCUT2D eigenvalue weighted by molar-refractivity contribution is 7.91. The standard InChI is InChI=1S/C14H20ClNO4S/c1-2-5-16-7-10-6-11(15)3-4-13(10)20-14-9-21(18,19)8-12(14)17/h3-4,6,12,14,16-17H,2,5,7-9H2,1H3. The number of rotatable bonds is 6. The van der Waals surface area contributed by atoms with Crippen molar-refractivity contribution in [3.63, 3.8) is 0 Å². The summed E-state index contributed by atoms with van der Waals surface area (Å²) < 4.78 is 28.7. The van der Waals surface area contributed by atoms with E-state index in [-0.39, 0.29) is 11.5 Å². The lowest BCUT2D eigenvalue weighted by atomic mass is 10.2. The van der Waals surface area contributed by atoms with Crippen LogP contribution in [0.15, 0.2) is 18.2 Å². The molecule has 1 aromatic carbocycles. The summed E-state index contributed by atoms with van der Waals surface area (Å²) in [4.78, 5) is 0. The summed E-state index contributed by atoms with van der Waals surface area (Å²) in [5.74, 6) is 0.164. The Morgan fingerprint density at radius 2 is 2.19 bits per heavy atom. The van der Waals surface area contributed by atoms with Crippen LogP contribution in [-0.2, 0) is 16.4 Å². The number of sulfone groups is 1. The molecule has 0 aromatic heterocycles. The van der Waals surface area contributed by atoms with Gasteiger partial charge in [-0.1, -0.05) is 18.5 Å². The number of hydrogen-bond acceptors (Lipinski definition) is 5. The second-order valence-electron chi connectivity index (χ2n) is 5.23. The topological polar surface area (TPSA) is 75.6 Å². The minimum Gasteiger partial charge on any atom is -0.486 e. The number of benzene rings is 1. The first-order valence-corrected chi connectivity index (χ1v) is 9.15. The van der Waals surface area contributed by atoms with Gasteiger partial charge >= 0.3 is 0 Å². The maximum absolute atomic E-state index is 11.5. The summed E-state index contributed by atoms with van der Waals surface area (Å²) >= 11 is 5.99. The molecule has 1 aliphatic heterocycles. The Morgan fingerprint density at radius 1 is 1.43 bits per heavy atom. The molecule has 1 saturated heterocycles. The summed E-state index contributed by atoms with van der Waals surface area (Å²) in [6, 6.07) is 5.19. The molecule has 0 spiro atoms. The quantitative estimate of drug-likeness (QED) is 0.769. The predicted molar refractivity (Wildman–Crippen MR) is 82.5 cm³/mol. The molecule has 0 saturated carbocycles. The van der Waals surface area contributed by atoms with E-state index in [2.05, 4.69) is 12.2 Å². The number of nitrogens with one attached hydrogen (secondary N) is 1. The molecule has 7 heteroatoms. The second kappa shape index (κ2) is 6.96. The smallest absolute Gasteiger partial charge is 0.156 e. The monoisotopic (exact) mass is 333 g/mol. The van der Waals surface area contributed by atoms with Crippen molar-refractivity contribution >= 4 is 21.4 Å². The van der Waals surface area contributed by atoms with E-state index in [0.717, 1.165) is 18.5 Å². The molecule has 0 aliphatic carbocycles. The SMILES string of the molecule is CCCNCc1cc(Cl)ccc1OC1CS(=O)(=O)CC1O. The molecule has 5 nitrogen and oxygen atoms in total. The highest BCUT2D eigenvalue weighted by atomic mass is 35.5. The second-order valence-corrected chi connectivity index (χ2v) is 7.82. The van der Waals surface area contributed by atoms with Gasteiger partial charge in [0.05, 0.1) is 11.5 Å². The highest BCUT2D eigenvalue weighted by Crippen LogP contribution is 2.26. The van der Waals surface area contributed by atoms with Crippen LogP contribution in [0.1, 0.15) is 18.9 Å². The summed E-state index contributed by atoms with van der Waals surface area (Å²) in [6.07, 6.45) is -0.695. The molecule has 1 aromatic rings. The number of aliphatic hydroxyl groups is 1. The van der Waals surface area contributed by atoms with Crippen LogP contribution in [0.4, 0.5) is 0 Å². The third-order valence-corrected chi connectivity index (χ3v) is 5.24. The van der Waals surface area contributed by atoms with Crippen LogP contribution in [0, 0.1) is 0 Å². The van der Waals surface area contributed by atoms with Crippen molar-refractivity contribution in [2.75, 3.05) is 18.1 Å². The third-order valence-electron chi connectivity index (χ3n) is 3.32. The zero-order chi connectivity index (χ0) is 15.5. The van der Waals surface area contributed by atoms with Crippen LogP contribution >= 0.6 is 11.6 Å². The van der Waals surface area contributed by atoms with Gasteiger partial charge in [-0.3, -0.25) is 0 Å². The molecular formula is C14H20ClNO4S. The number of hydrogen-bond donors (Lipinski definition) is 2. The average Bonchev–Trinajstić information content (AvgIpc) is 2.65. The van der Waals surface area contributed by atoms with E-state index in [1.54, 1.807) is 18.2 Å². The van der Waals surface area contributed by atoms with Gasteiger partial charge in [-0.25, -0.2) is 8.42 Å². The van der Waals surface area contributed by atoms with Crippen LogP contribution in [0.2, 0.25) is 5.02 Å². The highest BCUT2D eigenvalue weighted by Gasteiger charge is 2.38. The van der Waals surface area contributed by atoms with Crippen molar-refractivity contribution in [3.8, 4) is 5.75 Å². The Kier molecular flexibility index (Phi) is 5.48. The molecule has 0 amide bonds. The molecule has 21 heavy (non-hydrogen) atoms. The Bertz CT molecular complexity index is 591. The fourth-order valence-corrected chi connectivity index (χ4v) is 4.13. The molecule has 2 N–H and O–H groups in total. The summed E-state index contributed by atoms with van der Waals surface area (Å²) in [5, 5.41) is 13.6. The third kappa shape index (κ3) is 4.57. The van der Waals surface area contributed by atoms with Crippen LogP contribution in [0.3, 0.4) is 0 Å². The van der Waals surface area contributed by atoms with Crippen LogP contribution in [-0.4, -0.2) is 43.8 Å². The predicted octanol–water partition coefficient (Wildman–Crippen LogP) is 1.38. The van der Waals surface area contributed by atoms with E-state index in [0.29, 0.717) is 17.3 Å². The maximum atomic E-state index is 11.5. The normalized spacial score (nSPS) is 24.1. The fourth-order valence-electron chi connectivity index (χ4n) is 2.27. The van der Waals surface area contributed by atoms with Gasteiger partial charge in [0.2, 0.25) is 0 Å². The first kappa shape index (κ1) is 16.5. The van der Waals surface area contributed by atoms with Crippen molar-refractivity contribution in [1.82, 2.24) is 5.32 Å². The minimum atomic E-state index is -3.22.